The lowest BCUT2D eigenvalue weighted by atomic mass is 10.0. The first kappa shape index (κ1) is 16.8. The van der Waals surface area contributed by atoms with Gasteiger partial charge in [0.25, 0.3) is 6.04 Å². The molecule has 0 saturated heterocycles. The SMILES string of the molecule is [CH2]CCCCCCCCCC([CH][N+](=O)[O-])[N+](=O)[O-]. The van der Waals surface area contributed by atoms with Gasteiger partial charge in [-0.05, 0) is 6.42 Å². The molecule has 6 nitrogen and oxygen atoms in total. The first-order valence-corrected chi connectivity index (χ1v) is 6.49. The van der Waals surface area contributed by atoms with Gasteiger partial charge in [0.2, 0.25) is 0 Å². The summed E-state index contributed by atoms with van der Waals surface area (Å²) in [5, 5.41) is 20.7. The van der Waals surface area contributed by atoms with Crippen LogP contribution in [0.2, 0.25) is 0 Å². The summed E-state index contributed by atoms with van der Waals surface area (Å²) >= 11 is 0. The van der Waals surface area contributed by atoms with Gasteiger partial charge in [-0.2, -0.15) is 0 Å². The van der Waals surface area contributed by atoms with Crippen LogP contribution in [-0.2, 0) is 0 Å². The van der Waals surface area contributed by atoms with Gasteiger partial charge in [-0.3, -0.25) is 20.2 Å². The zero-order chi connectivity index (χ0) is 13.8. The first-order chi connectivity index (χ1) is 8.57. The van der Waals surface area contributed by atoms with Crippen molar-refractivity contribution in [2.45, 2.75) is 63.8 Å². The van der Waals surface area contributed by atoms with E-state index in [1.165, 1.54) is 12.8 Å². The van der Waals surface area contributed by atoms with Gasteiger partial charge in [0.05, 0.1) is 0 Å². The molecule has 0 aromatic rings. The third-order valence-corrected chi connectivity index (χ3v) is 2.81. The van der Waals surface area contributed by atoms with E-state index < -0.39 is 15.9 Å². The molecule has 0 aromatic heterocycles. The molecule has 0 heterocycles. The van der Waals surface area contributed by atoms with Crippen molar-refractivity contribution in [3.05, 3.63) is 33.7 Å². The van der Waals surface area contributed by atoms with Crippen molar-refractivity contribution in [3.63, 3.8) is 0 Å². The monoisotopic (exact) mass is 258 g/mol. The number of unbranched alkanes of at least 4 members (excludes halogenated alkanes) is 7. The van der Waals surface area contributed by atoms with E-state index in [1.807, 2.05) is 0 Å². The quantitative estimate of drug-likeness (QED) is 0.305. The van der Waals surface area contributed by atoms with E-state index in [1.54, 1.807) is 0 Å². The second-order valence-corrected chi connectivity index (χ2v) is 4.40. The predicted molar refractivity (Wildman–Crippen MR) is 69.0 cm³/mol. The van der Waals surface area contributed by atoms with Gasteiger partial charge in [-0.15, -0.1) is 0 Å². The van der Waals surface area contributed by atoms with Gasteiger partial charge in [-0.25, -0.2) is 0 Å². The molecule has 0 fully saturated rings. The van der Waals surface area contributed by atoms with Crippen LogP contribution < -0.4 is 0 Å². The maximum absolute atomic E-state index is 10.5. The van der Waals surface area contributed by atoms with Crippen LogP contribution in [0.5, 0.6) is 0 Å². The van der Waals surface area contributed by atoms with Crippen LogP contribution in [0.3, 0.4) is 0 Å². The summed E-state index contributed by atoms with van der Waals surface area (Å²) < 4.78 is 0. The summed E-state index contributed by atoms with van der Waals surface area (Å²) in [7, 11) is 0. The number of nitrogens with zero attached hydrogens (tertiary/aromatic N) is 2. The Labute approximate surface area is 108 Å². The van der Waals surface area contributed by atoms with Crippen LogP contribution >= 0.6 is 0 Å². The molecule has 0 amide bonds. The molecule has 104 valence electrons. The highest BCUT2D eigenvalue weighted by Crippen LogP contribution is 2.12. The predicted octanol–water partition coefficient (Wildman–Crippen LogP) is 3.42. The van der Waals surface area contributed by atoms with Gasteiger partial charge in [0.15, 0.2) is 0 Å². The highest BCUT2D eigenvalue weighted by atomic mass is 16.6. The lowest BCUT2D eigenvalue weighted by Gasteiger charge is -2.04. The van der Waals surface area contributed by atoms with Crippen molar-refractivity contribution in [3.8, 4) is 0 Å². The fraction of sp³-hybridized carbons (Fsp3) is 0.833. The van der Waals surface area contributed by atoms with E-state index in [2.05, 4.69) is 6.92 Å². The number of nitro groups is 2. The normalized spacial score (nSPS) is 12.3. The largest absolute Gasteiger partial charge is 0.351 e. The molecule has 18 heavy (non-hydrogen) atoms. The van der Waals surface area contributed by atoms with Crippen LogP contribution in [0.1, 0.15) is 57.8 Å². The summed E-state index contributed by atoms with van der Waals surface area (Å²) in [4.78, 5) is 19.4. The zero-order valence-electron chi connectivity index (χ0n) is 10.8. The topological polar surface area (TPSA) is 86.3 Å². The van der Waals surface area contributed by atoms with Crippen LogP contribution in [-0.4, -0.2) is 15.9 Å². The molecule has 1 unspecified atom stereocenters. The van der Waals surface area contributed by atoms with Gasteiger partial charge < -0.3 is 0 Å². The lowest BCUT2D eigenvalue weighted by molar-refractivity contribution is -0.561. The third kappa shape index (κ3) is 9.99. The molecular weight excluding hydrogens is 236 g/mol. The Morgan fingerprint density at radius 1 is 0.944 bits per heavy atom. The van der Waals surface area contributed by atoms with Gasteiger partial charge >= 0.3 is 6.54 Å². The number of rotatable bonds is 12. The molecule has 0 aliphatic carbocycles. The van der Waals surface area contributed by atoms with Crippen molar-refractivity contribution >= 4 is 0 Å². The van der Waals surface area contributed by atoms with E-state index >= 15 is 0 Å². The van der Waals surface area contributed by atoms with Crippen LogP contribution in [0.15, 0.2) is 0 Å². The van der Waals surface area contributed by atoms with E-state index in [4.69, 9.17) is 0 Å². The Hall–Kier alpha value is -1.20. The second kappa shape index (κ2) is 10.9. The Balaban J connectivity index is 3.49. The van der Waals surface area contributed by atoms with Crippen molar-refractivity contribution < 1.29 is 9.85 Å². The minimum absolute atomic E-state index is 0.257. The molecule has 0 bridgehead atoms. The Morgan fingerprint density at radius 2 is 1.44 bits per heavy atom. The smallest absolute Gasteiger partial charge is 0.264 e. The summed E-state index contributed by atoms with van der Waals surface area (Å²) in [6.07, 6.45) is 8.49. The Bertz CT molecular complexity index is 246. The van der Waals surface area contributed by atoms with Crippen LogP contribution in [0.4, 0.5) is 0 Å². The van der Waals surface area contributed by atoms with Crippen molar-refractivity contribution in [1.82, 2.24) is 0 Å². The average molecular weight is 258 g/mol. The third-order valence-electron chi connectivity index (χ3n) is 2.81. The molecule has 0 aliphatic heterocycles. The summed E-state index contributed by atoms with van der Waals surface area (Å²) in [6.45, 7) is 4.35. The van der Waals surface area contributed by atoms with E-state index in [0.717, 1.165) is 32.1 Å². The van der Waals surface area contributed by atoms with Crippen LogP contribution in [0.25, 0.3) is 0 Å². The van der Waals surface area contributed by atoms with E-state index in [9.17, 15) is 20.2 Å². The van der Waals surface area contributed by atoms with Crippen molar-refractivity contribution in [2.75, 3.05) is 0 Å². The van der Waals surface area contributed by atoms with E-state index in [-0.39, 0.29) is 6.42 Å². The number of hydrogen-bond donors (Lipinski definition) is 0. The van der Waals surface area contributed by atoms with Crippen molar-refractivity contribution in [2.24, 2.45) is 0 Å². The molecule has 0 N–H and O–H groups in total. The number of hydrogen-bond acceptors (Lipinski definition) is 4. The first-order valence-electron chi connectivity index (χ1n) is 6.49. The summed E-state index contributed by atoms with van der Waals surface area (Å²) in [6, 6.07) is -1.15. The molecule has 0 saturated carbocycles. The van der Waals surface area contributed by atoms with Crippen molar-refractivity contribution in [1.29, 1.82) is 0 Å². The summed E-state index contributed by atoms with van der Waals surface area (Å²) in [5.41, 5.74) is 0. The molecule has 0 aliphatic rings. The molecular formula is C12H22N2O4. The molecule has 1 atom stereocenters. The van der Waals surface area contributed by atoms with Gasteiger partial charge in [-0.1, -0.05) is 51.9 Å². The minimum Gasteiger partial charge on any atom is -0.264 e. The van der Waals surface area contributed by atoms with Gasteiger partial charge in [0.1, 0.15) is 0 Å². The zero-order valence-corrected chi connectivity index (χ0v) is 10.8. The summed E-state index contributed by atoms with van der Waals surface area (Å²) in [5.74, 6) is 0. The fourth-order valence-corrected chi connectivity index (χ4v) is 1.79. The highest BCUT2D eigenvalue weighted by Gasteiger charge is 2.27. The fourth-order valence-electron chi connectivity index (χ4n) is 1.79. The lowest BCUT2D eigenvalue weighted by Crippen LogP contribution is -2.23. The Morgan fingerprint density at radius 3 is 1.89 bits per heavy atom. The second-order valence-electron chi connectivity index (χ2n) is 4.40. The maximum atomic E-state index is 10.5. The maximum Gasteiger partial charge on any atom is 0.351 e. The average Bonchev–Trinajstić information content (AvgIpc) is 2.30. The standard InChI is InChI=1S/C12H22N2O4/c1-2-3-4-5-6-7-8-9-10-12(14(17)18)11-13(15)16/h11-12H,1-10H2. The molecule has 0 spiro atoms. The minimum atomic E-state index is -1.15. The highest BCUT2D eigenvalue weighted by molar-refractivity contribution is 4.65. The molecule has 2 radical (unpaired) electrons. The molecule has 0 rings (SSSR count). The molecule has 6 heteroatoms. The van der Waals surface area contributed by atoms with Gasteiger partial charge in [0, 0.05) is 16.3 Å². The Kier molecular flexibility index (Phi) is 10.2. The van der Waals surface area contributed by atoms with Crippen LogP contribution in [0, 0.1) is 33.7 Å². The van der Waals surface area contributed by atoms with E-state index in [0.29, 0.717) is 13.0 Å². The molecule has 0 aromatic carbocycles.